The number of rotatable bonds is 7. The topological polar surface area (TPSA) is 4.93 Å². The average Bonchev–Trinajstić information content (AvgIpc) is 3.53. The lowest BCUT2D eigenvalue weighted by Crippen LogP contribution is -2.03. The Labute approximate surface area is 293 Å². The summed E-state index contributed by atoms with van der Waals surface area (Å²) in [5, 5.41) is 2.50. The second kappa shape index (κ2) is 12.9. The van der Waals surface area contributed by atoms with Crippen molar-refractivity contribution in [3.05, 3.63) is 223 Å². The van der Waals surface area contributed by atoms with E-state index in [1.807, 2.05) is 0 Å². The van der Waals surface area contributed by atoms with Gasteiger partial charge in [-0.3, -0.25) is 0 Å². The molecule has 0 atom stereocenters. The maximum absolute atomic E-state index is 2.46. The van der Waals surface area contributed by atoms with E-state index in [2.05, 4.69) is 211 Å². The van der Waals surface area contributed by atoms with Crippen LogP contribution in [0.4, 0.5) is 0 Å². The van der Waals surface area contributed by atoms with Crippen LogP contribution in [-0.2, 0) is 0 Å². The standard InChI is InChI=1S/C49H35N/c1-4-16-35(17-5-1)38-22-14-24-41(32-38)43-26-10-12-28-46(43)50-47-29-13-11-27-44(47)45-31-30-40(34-48(45)50)39-23-15-25-42(33-39)49(36-18-6-2-7-19-36)37-20-8-3-9-21-37/h1-34,49H. The zero-order chi connectivity index (χ0) is 33.3. The zero-order valence-electron chi connectivity index (χ0n) is 27.7. The van der Waals surface area contributed by atoms with Gasteiger partial charge >= 0.3 is 0 Å². The second-order valence-corrected chi connectivity index (χ2v) is 12.9. The van der Waals surface area contributed by atoms with Crippen LogP contribution in [0.3, 0.4) is 0 Å². The molecule has 0 radical (unpaired) electrons. The molecule has 0 aliphatic carbocycles. The molecule has 1 nitrogen and oxygen atoms in total. The smallest absolute Gasteiger partial charge is 0.0547 e. The fourth-order valence-electron chi connectivity index (χ4n) is 7.59. The second-order valence-electron chi connectivity index (χ2n) is 12.9. The first kappa shape index (κ1) is 29.7. The molecule has 236 valence electrons. The molecule has 0 aliphatic rings. The van der Waals surface area contributed by atoms with Gasteiger partial charge in [0.1, 0.15) is 0 Å². The van der Waals surface area contributed by atoms with Crippen LogP contribution in [0.1, 0.15) is 22.6 Å². The van der Waals surface area contributed by atoms with Crippen LogP contribution in [0.2, 0.25) is 0 Å². The minimum atomic E-state index is 0.144. The van der Waals surface area contributed by atoms with Crippen LogP contribution < -0.4 is 0 Å². The summed E-state index contributed by atoms with van der Waals surface area (Å²) >= 11 is 0. The van der Waals surface area contributed by atoms with Crippen molar-refractivity contribution in [1.29, 1.82) is 0 Å². The van der Waals surface area contributed by atoms with Gasteiger partial charge in [0.25, 0.3) is 0 Å². The van der Waals surface area contributed by atoms with Gasteiger partial charge in [-0.25, -0.2) is 0 Å². The van der Waals surface area contributed by atoms with Crippen molar-refractivity contribution in [2.75, 3.05) is 0 Å². The molecule has 0 saturated carbocycles. The monoisotopic (exact) mass is 637 g/mol. The van der Waals surface area contributed by atoms with Gasteiger partial charge in [-0.1, -0.05) is 182 Å². The van der Waals surface area contributed by atoms with Crippen LogP contribution in [0.5, 0.6) is 0 Å². The van der Waals surface area contributed by atoms with E-state index in [9.17, 15) is 0 Å². The molecule has 0 N–H and O–H groups in total. The SMILES string of the molecule is c1ccc(-c2cccc(-c3ccccc3-n3c4ccccc4c4ccc(-c5cccc(C(c6ccccc6)c6ccccc6)c5)cc43)c2)cc1. The summed E-state index contributed by atoms with van der Waals surface area (Å²) in [6.07, 6.45) is 0. The first-order valence-corrected chi connectivity index (χ1v) is 17.3. The van der Waals surface area contributed by atoms with E-state index < -0.39 is 0 Å². The van der Waals surface area contributed by atoms with E-state index in [0.29, 0.717) is 0 Å². The van der Waals surface area contributed by atoms with Gasteiger partial charge in [-0.05, 0) is 68.8 Å². The predicted octanol–water partition coefficient (Wildman–Crippen LogP) is 13.0. The van der Waals surface area contributed by atoms with Gasteiger partial charge in [0.2, 0.25) is 0 Å². The summed E-state index contributed by atoms with van der Waals surface area (Å²) in [6.45, 7) is 0. The average molecular weight is 638 g/mol. The van der Waals surface area contributed by atoms with Crippen LogP contribution in [-0.4, -0.2) is 4.57 Å². The number of fused-ring (bicyclic) bond motifs is 3. The molecule has 0 spiro atoms. The Bertz CT molecular complexity index is 2540. The van der Waals surface area contributed by atoms with Gasteiger partial charge in [0.15, 0.2) is 0 Å². The Balaban J connectivity index is 1.21. The van der Waals surface area contributed by atoms with Gasteiger partial charge in [0, 0.05) is 22.3 Å². The van der Waals surface area contributed by atoms with E-state index in [-0.39, 0.29) is 5.92 Å². The highest BCUT2D eigenvalue weighted by Gasteiger charge is 2.19. The number of para-hydroxylation sites is 2. The maximum atomic E-state index is 2.46. The molecule has 0 bridgehead atoms. The van der Waals surface area contributed by atoms with Crippen LogP contribution in [0, 0.1) is 0 Å². The molecule has 9 rings (SSSR count). The van der Waals surface area contributed by atoms with Gasteiger partial charge in [-0.15, -0.1) is 0 Å². The summed E-state index contributed by atoms with van der Waals surface area (Å²) in [4.78, 5) is 0. The number of nitrogens with zero attached hydrogens (tertiary/aromatic N) is 1. The molecule has 0 amide bonds. The number of hydrogen-bond acceptors (Lipinski definition) is 0. The first-order valence-electron chi connectivity index (χ1n) is 17.3. The van der Waals surface area contributed by atoms with Crippen molar-refractivity contribution in [2.45, 2.75) is 5.92 Å². The fourth-order valence-corrected chi connectivity index (χ4v) is 7.59. The lowest BCUT2D eigenvalue weighted by atomic mass is 9.84. The maximum Gasteiger partial charge on any atom is 0.0547 e. The van der Waals surface area contributed by atoms with Crippen molar-refractivity contribution >= 4 is 21.8 Å². The molecule has 9 aromatic rings. The van der Waals surface area contributed by atoms with E-state index in [1.54, 1.807) is 0 Å². The van der Waals surface area contributed by atoms with Crippen molar-refractivity contribution in [2.24, 2.45) is 0 Å². The highest BCUT2D eigenvalue weighted by Crippen LogP contribution is 2.40. The number of benzene rings is 8. The highest BCUT2D eigenvalue weighted by molar-refractivity contribution is 6.10. The Morgan fingerprint density at radius 2 is 0.820 bits per heavy atom. The Hall–Kier alpha value is -6.44. The molecular formula is C49H35N. The molecule has 0 unspecified atom stereocenters. The number of hydrogen-bond donors (Lipinski definition) is 0. The molecule has 0 aliphatic heterocycles. The summed E-state index contributed by atoms with van der Waals surface area (Å²) in [5.41, 5.74) is 14.7. The lowest BCUT2D eigenvalue weighted by Gasteiger charge is -2.20. The molecular weight excluding hydrogens is 603 g/mol. The van der Waals surface area contributed by atoms with E-state index >= 15 is 0 Å². The summed E-state index contributed by atoms with van der Waals surface area (Å²) in [5.74, 6) is 0.144. The lowest BCUT2D eigenvalue weighted by molar-refractivity contribution is 0.978. The molecule has 50 heavy (non-hydrogen) atoms. The zero-order valence-corrected chi connectivity index (χ0v) is 27.7. The Kier molecular flexibility index (Phi) is 7.64. The largest absolute Gasteiger partial charge is 0.309 e. The van der Waals surface area contributed by atoms with E-state index in [1.165, 1.54) is 77.6 Å². The normalized spacial score (nSPS) is 11.4. The molecule has 1 aromatic heterocycles. The third-order valence-corrected chi connectivity index (χ3v) is 9.92. The first-order chi connectivity index (χ1) is 24.8. The molecule has 1 heteroatoms. The summed E-state index contributed by atoms with van der Waals surface area (Å²) < 4.78 is 2.46. The molecule has 0 saturated heterocycles. The summed E-state index contributed by atoms with van der Waals surface area (Å²) in [7, 11) is 0. The van der Waals surface area contributed by atoms with Crippen molar-refractivity contribution in [1.82, 2.24) is 4.57 Å². The number of aromatic nitrogens is 1. The fraction of sp³-hybridized carbons (Fsp3) is 0.0204. The third kappa shape index (κ3) is 5.40. The van der Waals surface area contributed by atoms with Crippen LogP contribution in [0.15, 0.2) is 206 Å². The van der Waals surface area contributed by atoms with Gasteiger partial charge in [-0.2, -0.15) is 0 Å². The van der Waals surface area contributed by atoms with E-state index in [4.69, 9.17) is 0 Å². The molecule has 8 aromatic carbocycles. The van der Waals surface area contributed by atoms with Gasteiger partial charge < -0.3 is 4.57 Å². The van der Waals surface area contributed by atoms with Crippen LogP contribution >= 0.6 is 0 Å². The Morgan fingerprint density at radius 1 is 0.300 bits per heavy atom. The molecule has 1 heterocycles. The minimum Gasteiger partial charge on any atom is -0.309 e. The Morgan fingerprint density at radius 3 is 1.58 bits per heavy atom. The highest BCUT2D eigenvalue weighted by atomic mass is 15.0. The third-order valence-electron chi connectivity index (χ3n) is 9.92. The minimum absolute atomic E-state index is 0.144. The van der Waals surface area contributed by atoms with E-state index in [0.717, 1.165) is 0 Å². The quantitative estimate of drug-likeness (QED) is 0.153. The summed E-state index contributed by atoms with van der Waals surface area (Å²) in [6, 6.07) is 74.9. The van der Waals surface area contributed by atoms with Crippen molar-refractivity contribution in [3.63, 3.8) is 0 Å². The van der Waals surface area contributed by atoms with Crippen molar-refractivity contribution < 1.29 is 0 Å². The van der Waals surface area contributed by atoms with Crippen molar-refractivity contribution in [3.8, 4) is 39.1 Å². The molecule has 0 fully saturated rings. The predicted molar refractivity (Wildman–Crippen MR) is 211 cm³/mol. The van der Waals surface area contributed by atoms with Crippen LogP contribution in [0.25, 0.3) is 60.9 Å². The van der Waals surface area contributed by atoms with Gasteiger partial charge in [0.05, 0.1) is 16.7 Å².